The molecule has 2 N–H and O–H groups in total. The number of ether oxygens (including phenoxy) is 1. The number of halogens is 1. The second-order valence-electron chi connectivity index (χ2n) is 4.65. The van der Waals surface area contributed by atoms with Crippen LogP contribution in [0.25, 0.3) is 0 Å². The van der Waals surface area contributed by atoms with Crippen molar-refractivity contribution >= 4 is 21.4 Å². The highest BCUT2D eigenvalue weighted by Gasteiger charge is 2.34. The molecule has 1 aliphatic heterocycles. The van der Waals surface area contributed by atoms with E-state index < -0.39 is 37.0 Å². The van der Waals surface area contributed by atoms with Crippen LogP contribution >= 0.6 is 0 Å². The highest BCUT2D eigenvalue weighted by atomic mass is 32.2. The minimum Gasteiger partial charge on any atom is -0.397 e. The van der Waals surface area contributed by atoms with Gasteiger partial charge in [-0.05, 0) is 6.92 Å². The first kappa shape index (κ1) is 15.6. The zero-order valence-corrected chi connectivity index (χ0v) is 12.0. The lowest BCUT2D eigenvalue weighted by molar-refractivity contribution is -0.385. The third-order valence-corrected chi connectivity index (χ3v) is 5.03. The van der Waals surface area contributed by atoms with Gasteiger partial charge in [0.2, 0.25) is 10.0 Å². The molecule has 1 atom stereocenters. The number of benzene rings is 1. The fourth-order valence-corrected chi connectivity index (χ4v) is 3.75. The van der Waals surface area contributed by atoms with Crippen LogP contribution in [0.3, 0.4) is 0 Å². The maximum Gasteiger partial charge on any atom is 0.274 e. The van der Waals surface area contributed by atoms with Gasteiger partial charge in [-0.25, -0.2) is 12.8 Å². The molecule has 0 bridgehead atoms. The van der Waals surface area contributed by atoms with Crippen molar-refractivity contribution in [2.24, 2.45) is 0 Å². The van der Waals surface area contributed by atoms with Gasteiger partial charge >= 0.3 is 0 Å². The van der Waals surface area contributed by atoms with Crippen LogP contribution in [0.5, 0.6) is 0 Å². The highest BCUT2D eigenvalue weighted by Crippen LogP contribution is 2.30. The average molecular weight is 319 g/mol. The van der Waals surface area contributed by atoms with E-state index in [4.69, 9.17) is 10.5 Å². The SMILES string of the molecule is CC1CN(S(=O)(=O)c2c(N)cc([N+](=O)[O-])cc2F)CCO1. The van der Waals surface area contributed by atoms with Gasteiger partial charge in [-0.1, -0.05) is 0 Å². The first-order valence-electron chi connectivity index (χ1n) is 6.08. The molecular weight excluding hydrogens is 305 g/mol. The maximum atomic E-state index is 14.0. The smallest absolute Gasteiger partial charge is 0.274 e. The summed E-state index contributed by atoms with van der Waals surface area (Å²) in [7, 11) is -4.17. The van der Waals surface area contributed by atoms with Gasteiger partial charge in [0.1, 0.15) is 4.90 Å². The summed E-state index contributed by atoms with van der Waals surface area (Å²) >= 11 is 0. The molecular formula is C11H14FN3O5S. The molecule has 8 nitrogen and oxygen atoms in total. The van der Waals surface area contributed by atoms with Crippen molar-refractivity contribution < 1.29 is 22.5 Å². The van der Waals surface area contributed by atoms with Crippen LogP contribution in [0.15, 0.2) is 17.0 Å². The third kappa shape index (κ3) is 2.96. The summed E-state index contributed by atoms with van der Waals surface area (Å²) in [6.07, 6.45) is -0.323. The van der Waals surface area contributed by atoms with Crippen molar-refractivity contribution in [3.63, 3.8) is 0 Å². The topological polar surface area (TPSA) is 116 Å². The fraction of sp³-hybridized carbons (Fsp3) is 0.455. The molecule has 0 radical (unpaired) electrons. The first-order valence-corrected chi connectivity index (χ1v) is 7.52. The van der Waals surface area contributed by atoms with E-state index >= 15 is 0 Å². The van der Waals surface area contributed by atoms with E-state index in [2.05, 4.69) is 0 Å². The molecule has 1 aromatic rings. The van der Waals surface area contributed by atoms with E-state index in [0.717, 1.165) is 10.4 Å². The van der Waals surface area contributed by atoms with Crippen molar-refractivity contribution in [2.75, 3.05) is 25.4 Å². The lowest BCUT2D eigenvalue weighted by Gasteiger charge is -2.30. The van der Waals surface area contributed by atoms with E-state index in [1.807, 2.05) is 0 Å². The molecule has 0 saturated carbocycles. The van der Waals surface area contributed by atoms with Crippen molar-refractivity contribution in [3.8, 4) is 0 Å². The van der Waals surface area contributed by atoms with Gasteiger partial charge in [-0.2, -0.15) is 4.31 Å². The van der Waals surface area contributed by atoms with Crippen LogP contribution in [-0.4, -0.2) is 43.4 Å². The van der Waals surface area contributed by atoms with Crippen LogP contribution in [0.2, 0.25) is 0 Å². The quantitative estimate of drug-likeness (QED) is 0.499. The van der Waals surface area contributed by atoms with Gasteiger partial charge < -0.3 is 10.5 Å². The van der Waals surface area contributed by atoms with Gasteiger partial charge in [0.05, 0.1) is 29.4 Å². The van der Waals surface area contributed by atoms with Crippen molar-refractivity contribution in [1.29, 1.82) is 0 Å². The number of nitrogens with zero attached hydrogens (tertiary/aromatic N) is 2. The van der Waals surface area contributed by atoms with Gasteiger partial charge in [-0.3, -0.25) is 10.1 Å². The number of morpholine rings is 1. The van der Waals surface area contributed by atoms with Crippen LogP contribution in [0, 0.1) is 15.9 Å². The number of nitrogens with two attached hydrogens (primary N) is 1. The molecule has 0 spiro atoms. The standard InChI is InChI=1S/C11H14FN3O5S/c1-7-6-14(2-3-20-7)21(18,19)11-9(12)4-8(15(16)17)5-10(11)13/h4-5,7H,2-3,6,13H2,1H3. The van der Waals surface area contributed by atoms with Gasteiger partial charge in [0, 0.05) is 19.2 Å². The van der Waals surface area contributed by atoms with E-state index in [1.54, 1.807) is 6.92 Å². The Hall–Kier alpha value is -1.78. The zero-order chi connectivity index (χ0) is 15.8. The number of sulfonamides is 1. The molecule has 21 heavy (non-hydrogen) atoms. The minimum atomic E-state index is -4.17. The van der Waals surface area contributed by atoms with Crippen LogP contribution in [0.4, 0.5) is 15.8 Å². The molecule has 0 aromatic heterocycles. The van der Waals surface area contributed by atoms with E-state index in [9.17, 15) is 22.9 Å². The number of hydrogen-bond acceptors (Lipinski definition) is 6. The van der Waals surface area contributed by atoms with Crippen LogP contribution < -0.4 is 5.73 Å². The summed E-state index contributed by atoms with van der Waals surface area (Å²) in [5, 5.41) is 10.6. The van der Waals surface area contributed by atoms with Crippen molar-refractivity contribution in [2.45, 2.75) is 17.9 Å². The molecule has 0 aliphatic carbocycles. The predicted molar refractivity (Wildman–Crippen MR) is 71.6 cm³/mol. The Kier molecular flexibility index (Phi) is 4.12. The Morgan fingerprint density at radius 3 is 2.71 bits per heavy atom. The number of nitro benzene ring substituents is 1. The summed E-state index contributed by atoms with van der Waals surface area (Å²) in [5.74, 6) is -1.24. The second kappa shape index (κ2) is 5.54. The average Bonchev–Trinajstić information content (AvgIpc) is 2.37. The number of rotatable bonds is 3. The fourth-order valence-electron chi connectivity index (χ4n) is 2.11. The van der Waals surface area contributed by atoms with Crippen LogP contribution in [0.1, 0.15) is 6.92 Å². The van der Waals surface area contributed by atoms with Crippen LogP contribution in [-0.2, 0) is 14.8 Å². The summed E-state index contributed by atoms with van der Waals surface area (Å²) in [5.41, 5.74) is 4.42. The largest absolute Gasteiger partial charge is 0.397 e. The molecule has 1 unspecified atom stereocenters. The van der Waals surface area contributed by atoms with E-state index in [1.165, 1.54) is 0 Å². The Balaban J connectivity index is 2.47. The maximum absolute atomic E-state index is 14.0. The molecule has 1 heterocycles. The molecule has 1 aromatic carbocycles. The number of nitrogen functional groups attached to an aromatic ring is 1. The summed E-state index contributed by atoms with van der Waals surface area (Å²) in [4.78, 5) is 9.04. The lowest BCUT2D eigenvalue weighted by atomic mass is 10.3. The number of nitro groups is 1. The highest BCUT2D eigenvalue weighted by molar-refractivity contribution is 7.89. The first-order chi connectivity index (χ1) is 9.73. The Morgan fingerprint density at radius 2 is 2.19 bits per heavy atom. The predicted octanol–water partition coefficient (Wildman–Crippen LogP) is 0.726. The minimum absolute atomic E-state index is 0.0677. The molecule has 0 amide bonds. The number of hydrogen-bond donors (Lipinski definition) is 1. The van der Waals surface area contributed by atoms with E-state index in [0.29, 0.717) is 6.07 Å². The van der Waals surface area contributed by atoms with Crippen molar-refractivity contribution in [1.82, 2.24) is 4.31 Å². The van der Waals surface area contributed by atoms with Gasteiger partial charge in [-0.15, -0.1) is 0 Å². The Bertz CT molecular complexity index is 655. The molecule has 116 valence electrons. The second-order valence-corrected chi connectivity index (χ2v) is 6.52. The summed E-state index contributed by atoms with van der Waals surface area (Å²) in [6, 6.07) is 1.38. The molecule has 1 aliphatic rings. The Morgan fingerprint density at radius 1 is 1.52 bits per heavy atom. The third-order valence-electron chi connectivity index (χ3n) is 3.07. The lowest BCUT2D eigenvalue weighted by Crippen LogP contribution is -2.44. The van der Waals surface area contributed by atoms with Gasteiger partial charge in [0.15, 0.2) is 5.82 Å². The monoisotopic (exact) mass is 319 g/mol. The van der Waals surface area contributed by atoms with Crippen molar-refractivity contribution in [3.05, 3.63) is 28.1 Å². The summed E-state index contributed by atoms with van der Waals surface area (Å²) in [6.45, 7) is 2.02. The van der Waals surface area contributed by atoms with Gasteiger partial charge in [0.25, 0.3) is 5.69 Å². The Labute approximate surface area is 120 Å². The molecule has 10 heteroatoms. The summed E-state index contributed by atoms with van der Waals surface area (Å²) < 4.78 is 45.2. The normalized spacial score (nSPS) is 20.4. The zero-order valence-electron chi connectivity index (χ0n) is 11.2. The number of anilines is 1. The van der Waals surface area contributed by atoms with E-state index in [-0.39, 0.29) is 25.8 Å². The number of non-ortho nitro benzene ring substituents is 1. The molecule has 1 saturated heterocycles. The molecule has 1 fully saturated rings. The molecule has 2 rings (SSSR count).